The first-order valence-electron chi connectivity index (χ1n) is 7.73. The van der Waals surface area contributed by atoms with Gasteiger partial charge in [-0.25, -0.2) is 8.42 Å². The van der Waals surface area contributed by atoms with Crippen molar-refractivity contribution in [1.29, 1.82) is 0 Å². The van der Waals surface area contributed by atoms with E-state index < -0.39 is 9.84 Å². The molecule has 0 radical (unpaired) electrons. The van der Waals surface area contributed by atoms with Crippen LogP contribution in [0.5, 0.6) is 0 Å². The second-order valence-electron chi connectivity index (χ2n) is 6.09. The van der Waals surface area contributed by atoms with E-state index in [-0.39, 0.29) is 6.04 Å². The molecule has 4 nitrogen and oxygen atoms in total. The van der Waals surface area contributed by atoms with Gasteiger partial charge in [0.1, 0.15) is 0 Å². The van der Waals surface area contributed by atoms with Gasteiger partial charge in [0.05, 0.1) is 11.5 Å². The molecule has 3 atom stereocenters. The maximum absolute atomic E-state index is 11.9. The largest absolute Gasteiger partial charge is 0.330 e. The van der Waals surface area contributed by atoms with E-state index in [0.717, 1.165) is 25.9 Å². The average Bonchev–Trinajstić information content (AvgIpc) is 2.39. The zero-order chi connectivity index (χ0) is 13.9. The molecule has 2 aliphatic rings. The first-order valence-corrected chi connectivity index (χ1v) is 9.55. The molecule has 5 heteroatoms. The van der Waals surface area contributed by atoms with Gasteiger partial charge in [0.15, 0.2) is 9.84 Å². The van der Waals surface area contributed by atoms with Gasteiger partial charge in [0, 0.05) is 12.1 Å². The highest BCUT2D eigenvalue weighted by Gasteiger charge is 2.36. The molecule has 2 rings (SSSR count). The maximum Gasteiger partial charge on any atom is 0.151 e. The minimum Gasteiger partial charge on any atom is -0.330 e. The van der Waals surface area contributed by atoms with Crippen molar-refractivity contribution in [3.05, 3.63) is 0 Å². The third kappa shape index (κ3) is 3.70. The lowest BCUT2D eigenvalue weighted by atomic mass is 9.82. The fourth-order valence-corrected chi connectivity index (χ4v) is 5.64. The van der Waals surface area contributed by atoms with E-state index >= 15 is 0 Å². The normalized spacial score (nSPS) is 35.4. The van der Waals surface area contributed by atoms with Gasteiger partial charge in [-0.2, -0.15) is 0 Å². The minimum atomic E-state index is -2.82. The topological polar surface area (TPSA) is 63.4 Å². The maximum atomic E-state index is 11.9. The van der Waals surface area contributed by atoms with Crippen LogP contribution < -0.4 is 5.73 Å². The van der Waals surface area contributed by atoms with Crippen LogP contribution in [-0.4, -0.2) is 50.0 Å². The predicted molar refractivity (Wildman–Crippen MR) is 78.9 cm³/mol. The van der Waals surface area contributed by atoms with Gasteiger partial charge in [0.2, 0.25) is 0 Å². The predicted octanol–water partition coefficient (Wildman–Crippen LogP) is 1.40. The highest BCUT2D eigenvalue weighted by atomic mass is 32.2. The molecule has 1 heterocycles. The Bertz CT molecular complexity index is 383. The van der Waals surface area contributed by atoms with Gasteiger partial charge in [-0.1, -0.05) is 19.8 Å². The first-order chi connectivity index (χ1) is 9.07. The Morgan fingerprint density at radius 1 is 1.16 bits per heavy atom. The van der Waals surface area contributed by atoms with Crippen LogP contribution in [0.1, 0.15) is 45.4 Å². The standard InChI is InChI=1S/C14H28N2O2S/c1-2-16(13-7-5-9-19(17,18)11-13)14-8-4-3-6-12(14)10-15/h12-14H,2-11,15H2,1H3. The molecule has 0 amide bonds. The Balaban J connectivity index is 2.09. The summed E-state index contributed by atoms with van der Waals surface area (Å²) in [5.74, 6) is 1.29. The molecule has 0 aromatic rings. The first kappa shape index (κ1) is 15.3. The average molecular weight is 288 g/mol. The second kappa shape index (κ2) is 6.55. The van der Waals surface area contributed by atoms with Crippen molar-refractivity contribution in [3.8, 4) is 0 Å². The fraction of sp³-hybridized carbons (Fsp3) is 1.00. The summed E-state index contributed by atoms with van der Waals surface area (Å²) in [6.45, 7) is 3.84. The molecule has 0 aromatic carbocycles. The molecule has 1 aliphatic heterocycles. The van der Waals surface area contributed by atoms with E-state index in [9.17, 15) is 8.42 Å². The van der Waals surface area contributed by atoms with Crippen LogP contribution in [0, 0.1) is 5.92 Å². The van der Waals surface area contributed by atoms with E-state index in [1.807, 2.05) is 0 Å². The zero-order valence-electron chi connectivity index (χ0n) is 12.1. The number of nitrogens with two attached hydrogens (primary N) is 1. The molecule has 0 spiro atoms. The van der Waals surface area contributed by atoms with Crippen molar-refractivity contribution in [2.45, 2.75) is 57.5 Å². The summed E-state index contributed by atoms with van der Waals surface area (Å²) in [5.41, 5.74) is 5.92. The van der Waals surface area contributed by atoms with Crippen LogP contribution in [-0.2, 0) is 9.84 Å². The van der Waals surface area contributed by atoms with Crippen molar-refractivity contribution >= 4 is 9.84 Å². The van der Waals surface area contributed by atoms with Crippen molar-refractivity contribution in [2.75, 3.05) is 24.6 Å². The van der Waals surface area contributed by atoms with E-state index in [0.29, 0.717) is 23.5 Å². The Labute approximate surface area is 117 Å². The van der Waals surface area contributed by atoms with E-state index in [2.05, 4.69) is 11.8 Å². The third-order valence-electron chi connectivity index (χ3n) is 4.87. The number of nitrogens with zero attached hydrogens (tertiary/aromatic N) is 1. The summed E-state index contributed by atoms with van der Waals surface area (Å²) in [5, 5.41) is 0. The van der Waals surface area contributed by atoms with Crippen LogP contribution in [0.25, 0.3) is 0 Å². The summed E-state index contributed by atoms with van der Waals surface area (Å²) >= 11 is 0. The van der Waals surface area contributed by atoms with Crippen LogP contribution >= 0.6 is 0 Å². The van der Waals surface area contributed by atoms with Gasteiger partial charge in [-0.05, 0) is 44.7 Å². The lowest BCUT2D eigenvalue weighted by molar-refractivity contribution is 0.0731. The summed E-state index contributed by atoms with van der Waals surface area (Å²) in [6.07, 6.45) is 6.78. The SMILES string of the molecule is CCN(C1CCCS(=O)(=O)C1)C1CCCCC1CN. The Hall–Kier alpha value is -0.130. The number of hydrogen-bond acceptors (Lipinski definition) is 4. The molecule has 3 unspecified atom stereocenters. The van der Waals surface area contributed by atoms with Crippen molar-refractivity contribution < 1.29 is 8.42 Å². The summed E-state index contributed by atoms with van der Waals surface area (Å²) in [6, 6.07) is 0.725. The lowest BCUT2D eigenvalue weighted by Gasteiger charge is -2.44. The summed E-state index contributed by atoms with van der Waals surface area (Å²) < 4.78 is 23.7. The molecular formula is C14H28N2O2S. The van der Waals surface area contributed by atoms with Gasteiger partial charge < -0.3 is 5.73 Å². The van der Waals surface area contributed by atoms with Crippen molar-refractivity contribution in [2.24, 2.45) is 11.7 Å². The van der Waals surface area contributed by atoms with Crippen molar-refractivity contribution in [1.82, 2.24) is 4.90 Å². The molecule has 0 aromatic heterocycles. The summed E-state index contributed by atoms with van der Waals surface area (Å²) in [4.78, 5) is 2.45. The molecule has 1 saturated carbocycles. The van der Waals surface area contributed by atoms with Crippen LogP contribution in [0.3, 0.4) is 0 Å². The molecule has 112 valence electrons. The smallest absolute Gasteiger partial charge is 0.151 e. The van der Waals surface area contributed by atoms with E-state index in [4.69, 9.17) is 5.73 Å². The molecule has 2 fully saturated rings. The molecule has 0 bridgehead atoms. The minimum absolute atomic E-state index is 0.223. The van der Waals surface area contributed by atoms with Gasteiger partial charge in [0.25, 0.3) is 0 Å². The number of hydrogen-bond donors (Lipinski definition) is 1. The highest BCUT2D eigenvalue weighted by molar-refractivity contribution is 7.91. The number of sulfone groups is 1. The third-order valence-corrected chi connectivity index (χ3v) is 6.67. The molecular weight excluding hydrogens is 260 g/mol. The van der Waals surface area contributed by atoms with E-state index in [1.54, 1.807) is 0 Å². The molecule has 1 aliphatic carbocycles. The van der Waals surface area contributed by atoms with Crippen LogP contribution in [0.2, 0.25) is 0 Å². The Morgan fingerprint density at radius 2 is 1.89 bits per heavy atom. The molecule has 1 saturated heterocycles. The molecule has 19 heavy (non-hydrogen) atoms. The fourth-order valence-electron chi connectivity index (χ4n) is 3.92. The van der Waals surface area contributed by atoms with Gasteiger partial charge in [-0.3, -0.25) is 4.90 Å². The number of rotatable bonds is 4. The van der Waals surface area contributed by atoms with E-state index in [1.165, 1.54) is 25.7 Å². The van der Waals surface area contributed by atoms with Crippen LogP contribution in [0.4, 0.5) is 0 Å². The Morgan fingerprint density at radius 3 is 2.53 bits per heavy atom. The zero-order valence-corrected chi connectivity index (χ0v) is 12.9. The van der Waals surface area contributed by atoms with Gasteiger partial charge >= 0.3 is 0 Å². The van der Waals surface area contributed by atoms with Crippen molar-refractivity contribution in [3.63, 3.8) is 0 Å². The Kier molecular flexibility index (Phi) is 5.26. The van der Waals surface area contributed by atoms with Crippen LogP contribution in [0.15, 0.2) is 0 Å². The molecule has 2 N–H and O–H groups in total. The lowest BCUT2D eigenvalue weighted by Crippen LogP contribution is -2.53. The monoisotopic (exact) mass is 288 g/mol. The quantitative estimate of drug-likeness (QED) is 0.849. The highest BCUT2D eigenvalue weighted by Crippen LogP contribution is 2.31. The summed E-state index contributed by atoms with van der Waals surface area (Å²) in [7, 11) is -2.82. The second-order valence-corrected chi connectivity index (χ2v) is 8.32. The van der Waals surface area contributed by atoms with Gasteiger partial charge in [-0.15, -0.1) is 0 Å².